The highest BCUT2D eigenvalue weighted by molar-refractivity contribution is 7.98. The molecule has 0 N–H and O–H groups in total. The van der Waals surface area contributed by atoms with E-state index in [-0.39, 0.29) is 11.9 Å². The maximum absolute atomic E-state index is 12.8. The molecule has 1 aromatic heterocycles. The smallest absolute Gasteiger partial charge is 0.257 e. The average molecular weight is 336 g/mol. The number of hydrogen-bond acceptors (Lipinski definition) is 6. The predicted molar refractivity (Wildman–Crippen MR) is 89.7 cm³/mol. The number of aromatic nitrogens is 2. The molecule has 2 aliphatic heterocycles. The van der Waals surface area contributed by atoms with E-state index in [1.165, 1.54) is 18.2 Å². The van der Waals surface area contributed by atoms with Crippen molar-refractivity contribution in [2.75, 3.05) is 45.6 Å². The summed E-state index contributed by atoms with van der Waals surface area (Å²) in [5, 5.41) is 0.699. The van der Waals surface area contributed by atoms with Gasteiger partial charge in [-0.2, -0.15) is 0 Å². The normalized spacial score (nSPS) is 23.0. The summed E-state index contributed by atoms with van der Waals surface area (Å²) in [5.74, 6) is 0.0654. The molecule has 0 spiro atoms. The second kappa shape index (κ2) is 8.08. The van der Waals surface area contributed by atoms with Crippen molar-refractivity contribution >= 4 is 17.7 Å². The van der Waals surface area contributed by atoms with Crippen LogP contribution in [0.1, 0.15) is 29.6 Å². The first-order valence-corrected chi connectivity index (χ1v) is 9.47. The van der Waals surface area contributed by atoms with Gasteiger partial charge in [-0.1, -0.05) is 11.8 Å². The van der Waals surface area contributed by atoms with E-state index >= 15 is 0 Å². The molecule has 126 valence electrons. The minimum Gasteiger partial charge on any atom is -0.379 e. The molecular formula is C16H24N4O2S. The number of amides is 1. The zero-order valence-corrected chi connectivity index (χ0v) is 14.4. The summed E-state index contributed by atoms with van der Waals surface area (Å²) < 4.78 is 5.41. The van der Waals surface area contributed by atoms with Crippen molar-refractivity contribution < 1.29 is 9.53 Å². The molecule has 1 aromatic rings. The Morgan fingerprint density at radius 1 is 1.26 bits per heavy atom. The molecule has 6 nitrogen and oxygen atoms in total. The van der Waals surface area contributed by atoms with Crippen LogP contribution in [0.4, 0.5) is 0 Å². The summed E-state index contributed by atoms with van der Waals surface area (Å²) in [5.41, 5.74) is 0.594. The number of hydrogen-bond donors (Lipinski definition) is 0. The van der Waals surface area contributed by atoms with Gasteiger partial charge in [-0.15, -0.1) is 0 Å². The molecule has 1 amide bonds. The maximum atomic E-state index is 12.8. The van der Waals surface area contributed by atoms with E-state index in [2.05, 4.69) is 14.9 Å². The molecule has 2 fully saturated rings. The zero-order valence-electron chi connectivity index (χ0n) is 13.6. The van der Waals surface area contributed by atoms with Gasteiger partial charge in [0.15, 0.2) is 5.16 Å². The monoisotopic (exact) mass is 336 g/mol. The van der Waals surface area contributed by atoms with Crippen LogP contribution < -0.4 is 0 Å². The number of likely N-dealkylation sites (tertiary alicyclic amines) is 1. The lowest BCUT2D eigenvalue weighted by Crippen LogP contribution is -2.51. The van der Waals surface area contributed by atoms with Gasteiger partial charge in [0.1, 0.15) is 0 Å². The van der Waals surface area contributed by atoms with E-state index < -0.39 is 0 Å². The van der Waals surface area contributed by atoms with Crippen molar-refractivity contribution in [3.05, 3.63) is 18.0 Å². The molecule has 23 heavy (non-hydrogen) atoms. The van der Waals surface area contributed by atoms with E-state index in [4.69, 9.17) is 4.74 Å². The molecule has 1 atom stereocenters. The Hall–Kier alpha value is -1.18. The van der Waals surface area contributed by atoms with E-state index in [1.54, 1.807) is 12.4 Å². The van der Waals surface area contributed by atoms with Crippen LogP contribution in [-0.4, -0.2) is 77.4 Å². The lowest BCUT2D eigenvalue weighted by molar-refractivity contribution is 0.0166. The molecular weight excluding hydrogens is 312 g/mol. The number of rotatable bonds is 4. The third-order valence-corrected chi connectivity index (χ3v) is 5.09. The van der Waals surface area contributed by atoms with Crippen molar-refractivity contribution in [2.45, 2.75) is 30.5 Å². The molecule has 0 bridgehead atoms. The molecule has 2 aliphatic rings. The summed E-state index contributed by atoms with van der Waals surface area (Å²) in [7, 11) is 0. The van der Waals surface area contributed by atoms with Gasteiger partial charge in [0.2, 0.25) is 0 Å². The van der Waals surface area contributed by atoms with Gasteiger partial charge >= 0.3 is 0 Å². The standard InChI is InChI=1S/C16H24N4O2S/c1-23-16-17-10-13(11-18-16)15(21)20-5-3-2-4-14(20)12-19-6-8-22-9-7-19/h10-11,14H,2-9,12H2,1H3. The highest BCUT2D eigenvalue weighted by Crippen LogP contribution is 2.21. The Morgan fingerprint density at radius 3 is 2.70 bits per heavy atom. The summed E-state index contributed by atoms with van der Waals surface area (Å²) in [4.78, 5) is 25.7. The van der Waals surface area contributed by atoms with Crippen LogP contribution in [0.25, 0.3) is 0 Å². The first-order chi connectivity index (χ1) is 11.3. The van der Waals surface area contributed by atoms with Crippen LogP contribution in [0.3, 0.4) is 0 Å². The van der Waals surface area contributed by atoms with E-state index in [0.717, 1.165) is 52.2 Å². The Morgan fingerprint density at radius 2 is 2.00 bits per heavy atom. The van der Waals surface area contributed by atoms with Crippen LogP contribution in [-0.2, 0) is 4.74 Å². The maximum Gasteiger partial charge on any atom is 0.257 e. The van der Waals surface area contributed by atoms with Crippen molar-refractivity contribution in [3.63, 3.8) is 0 Å². The van der Waals surface area contributed by atoms with Gasteiger partial charge in [0.05, 0.1) is 18.8 Å². The number of piperidine rings is 1. The summed E-state index contributed by atoms with van der Waals surface area (Å²) in [6, 6.07) is 0.287. The first-order valence-electron chi connectivity index (χ1n) is 8.25. The largest absolute Gasteiger partial charge is 0.379 e. The minimum absolute atomic E-state index is 0.0654. The van der Waals surface area contributed by atoms with Gasteiger partial charge < -0.3 is 9.64 Å². The molecule has 2 saturated heterocycles. The van der Waals surface area contributed by atoms with Crippen molar-refractivity contribution in [2.24, 2.45) is 0 Å². The molecule has 1 unspecified atom stereocenters. The highest BCUT2D eigenvalue weighted by Gasteiger charge is 2.29. The third kappa shape index (κ3) is 4.22. The van der Waals surface area contributed by atoms with Crippen LogP contribution in [0.15, 0.2) is 17.6 Å². The Labute approximate surface area is 141 Å². The zero-order chi connectivity index (χ0) is 16.1. The number of thioether (sulfide) groups is 1. The molecule has 0 aromatic carbocycles. The Balaban J connectivity index is 1.67. The number of morpholine rings is 1. The third-order valence-electron chi connectivity index (χ3n) is 4.52. The lowest BCUT2D eigenvalue weighted by Gasteiger charge is -2.39. The predicted octanol–water partition coefficient (Wildman–Crippen LogP) is 1.53. The van der Waals surface area contributed by atoms with Gasteiger partial charge in [-0.25, -0.2) is 9.97 Å². The first kappa shape index (κ1) is 16.7. The number of ether oxygens (including phenoxy) is 1. The topological polar surface area (TPSA) is 58.6 Å². The second-order valence-corrected chi connectivity index (χ2v) is 6.79. The summed E-state index contributed by atoms with van der Waals surface area (Å²) in [6.45, 7) is 5.29. The van der Waals surface area contributed by atoms with Crippen molar-refractivity contribution in [1.82, 2.24) is 19.8 Å². The lowest BCUT2D eigenvalue weighted by atomic mass is 10.0. The summed E-state index contributed by atoms with van der Waals surface area (Å²) in [6.07, 6.45) is 8.59. The Kier molecular flexibility index (Phi) is 5.85. The molecule has 3 rings (SSSR count). The molecule has 7 heteroatoms. The highest BCUT2D eigenvalue weighted by atomic mass is 32.2. The van der Waals surface area contributed by atoms with E-state index in [0.29, 0.717) is 10.7 Å². The van der Waals surface area contributed by atoms with Crippen molar-refractivity contribution in [1.29, 1.82) is 0 Å². The quantitative estimate of drug-likeness (QED) is 0.614. The number of carbonyl (C=O) groups is 1. The molecule has 3 heterocycles. The van der Waals surface area contributed by atoms with E-state index in [1.807, 2.05) is 11.2 Å². The van der Waals surface area contributed by atoms with Gasteiger partial charge in [-0.05, 0) is 25.5 Å². The SMILES string of the molecule is CSc1ncc(C(=O)N2CCCCC2CN2CCOCC2)cn1. The van der Waals surface area contributed by atoms with Crippen LogP contribution >= 0.6 is 11.8 Å². The van der Waals surface area contributed by atoms with Gasteiger partial charge in [0.25, 0.3) is 5.91 Å². The number of carbonyl (C=O) groups excluding carboxylic acids is 1. The molecule has 0 saturated carbocycles. The number of nitrogens with zero attached hydrogens (tertiary/aromatic N) is 4. The summed E-state index contributed by atoms with van der Waals surface area (Å²) >= 11 is 1.48. The minimum atomic E-state index is 0.0654. The van der Waals surface area contributed by atoms with Crippen LogP contribution in [0.2, 0.25) is 0 Å². The average Bonchev–Trinajstić information content (AvgIpc) is 2.62. The molecule has 0 aliphatic carbocycles. The second-order valence-electron chi connectivity index (χ2n) is 6.02. The fraction of sp³-hybridized carbons (Fsp3) is 0.688. The molecule has 0 radical (unpaired) electrons. The van der Waals surface area contributed by atoms with Gasteiger partial charge in [-0.3, -0.25) is 9.69 Å². The van der Waals surface area contributed by atoms with E-state index in [9.17, 15) is 4.79 Å². The fourth-order valence-electron chi connectivity index (χ4n) is 3.24. The van der Waals surface area contributed by atoms with Crippen LogP contribution in [0.5, 0.6) is 0 Å². The fourth-order valence-corrected chi connectivity index (χ4v) is 3.55. The van der Waals surface area contributed by atoms with Gasteiger partial charge in [0, 0.05) is 44.6 Å². The van der Waals surface area contributed by atoms with Crippen LogP contribution in [0, 0.1) is 0 Å². The Bertz CT molecular complexity index is 519. The van der Waals surface area contributed by atoms with Crippen molar-refractivity contribution in [3.8, 4) is 0 Å².